The zero-order chi connectivity index (χ0) is 22.5. The molecule has 0 aliphatic carbocycles. The smallest absolute Gasteiger partial charge is 0.262 e. The summed E-state index contributed by atoms with van der Waals surface area (Å²) in [5.74, 6) is 0. The van der Waals surface area contributed by atoms with Gasteiger partial charge in [0.2, 0.25) is 0 Å². The third-order valence-electron chi connectivity index (χ3n) is 0. The molecule has 0 saturated carbocycles. The van der Waals surface area contributed by atoms with Crippen LogP contribution in [0.2, 0.25) is 0 Å². The Morgan fingerprint density at radius 3 is 0.346 bits per heavy atom. The largest absolute Gasteiger partial charge is 0.756 e. The summed E-state index contributed by atoms with van der Waals surface area (Å²) in [6.07, 6.45) is 0. The molecule has 0 aliphatic rings. The molecule has 0 heterocycles. The predicted molar refractivity (Wildman–Crippen MR) is 60.2 cm³/mol. The minimum atomic E-state index is -4.89. The van der Waals surface area contributed by atoms with Crippen LogP contribution in [0.15, 0.2) is 0 Å². The number of phosphoric acid groups is 5. The molecule has 0 rings (SSSR count). The van der Waals surface area contributed by atoms with Crippen LogP contribution < -0.4 is 24.5 Å². The molecule has 26 heavy (non-hydrogen) atoms. The van der Waals surface area contributed by atoms with Crippen molar-refractivity contribution in [2.45, 2.75) is 0 Å². The molecule has 20 nitrogen and oxygen atoms in total. The van der Waals surface area contributed by atoms with Crippen molar-refractivity contribution in [3.05, 3.63) is 0 Å². The first-order valence-electron chi connectivity index (χ1n) is 3.83. The van der Waals surface area contributed by atoms with Crippen molar-refractivity contribution in [2.75, 3.05) is 0 Å². The van der Waals surface area contributed by atoms with Gasteiger partial charge < -0.3 is 73.4 Å². The van der Waals surface area contributed by atoms with Gasteiger partial charge in [-0.25, -0.2) is 0 Å². The maximum absolute atomic E-state index is 8.77. The van der Waals surface area contributed by atoms with E-state index in [1.165, 1.54) is 0 Å². The average Bonchev–Trinajstić information content (AvgIpc) is 1.79. The molecule has 1 radical (unpaired) electrons. The molecule has 0 spiro atoms. The Morgan fingerprint density at radius 1 is 0.346 bits per heavy atom. The van der Waals surface area contributed by atoms with Gasteiger partial charge in [-0.2, -0.15) is 0 Å². The maximum Gasteiger partial charge on any atom is 0.262 e. The van der Waals surface area contributed by atoms with Crippen molar-refractivity contribution in [3.63, 3.8) is 0 Å². The molecule has 0 amide bonds. The molecule has 165 valence electrons. The topological polar surface area (TPSA) is 403 Å². The summed E-state index contributed by atoms with van der Waals surface area (Å²) in [5, 5.41) is 0. The minimum Gasteiger partial charge on any atom is -0.756 e. The van der Waals surface area contributed by atoms with Gasteiger partial charge in [0, 0.05) is 18.6 Å². The Balaban J connectivity index is -0.0000000476. The van der Waals surface area contributed by atoms with Crippen molar-refractivity contribution in [2.24, 2.45) is 0 Å². The molecule has 0 aromatic rings. The second kappa shape index (κ2) is 17.0. The van der Waals surface area contributed by atoms with Gasteiger partial charge in [-0.1, -0.05) is 0 Å². The van der Waals surface area contributed by atoms with Crippen molar-refractivity contribution in [1.82, 2.24) is 0 Å². The summed E-state index contributed by atoms with van der Waals surface area (Å²) >= 11 is 0. The van der Waals surface area contributed by atoms with E-state index < -0.39 is 39.1 Å². The number of hydrogen-bond donors (Lipinski definition) is 10. The standard InChI is InChI=1S/5H3O4P.V/c5*1-5(2,3)4;/h5*(H3,1,2,3,4);/p-5. The van der Waals surface area contributed by atoms with Crippen LogP contribution in [0.25, 0.3) is 0 Å². The normalized spacial score (nSPS) is 11.3. The molecule has 0 aromatic carbocycles. The Hall–Kier alpha value is 1.13. The predicted octanol–water partition coefficient (Wildman–Crippen LogP) is -7.81. The second-order valence-electron chi connectivity index (χ2n) is 2.45. The van der Waals surface area contributed by atoms with E-state index in [4.69, 9.17) is 96.2 Å². The summed E-state index contributed by atoms with van der Waals surface area (Å²) in [4.78, 5) is 115. The van der Waals surface area contributed by atoms with Crippen LogP contribution in [-0.4, -0.2) is 48.9 Å². The van der Waals surface area contributed by atoms with Crippen LogP contribution >= 0.6 is 39.1 Å². The van der Waals surface area contributed by atoms with Crippen molar-refractivity contribution in [1.29, 1.82) is 0 Å². The van der Waals surface area contributed by atoms with E-state index in [1.54, 1.807) is 0 Å². The van der Waals surface area contributed by atoms with E-state index in [9.17, 15) is 0 Å². The first kappa shape index (κ1) is 41.5. The quantitative estimate of drug-likeness (QED) is 0.128. The molecule has 0 fully saturated rings. The summed E-state index contributed by atoms with van der Waals surface area (Å²) < 4.78 is 43.9. The van der Waals surface area contributed by atoms with Crippen LogP contribution in [0, 0.1) is 0 Å². The minimum absolute atomic E-state index is 0. The van der Waals surface area contributed by atoms with E-state index in [2.05, 4.69) is 0 Å². The zero-order valence-electron chi connectivity index (χ0n) is 11.2. The van der Waals surface area contributed by atoms with Gasteiger partial charge in [-0.05, 0) is 0 Å². The molecule has 0 unspecified atom stereocenters. The van der Waals surface area contributed by atoms with Gasteiger partial charge in [-0.15, -0.1) is 0 Å². The van der Waals surface area contributed by atoms with Crippen LogP contribution in [0.4, 0.5) is 0 Å². The van der Waals surface area contributed by atoms with E-state index in [0.29, 0.717) is 0 Å². The summed E-state index contributed by atoms with van der Waals surface area (Å²) in [7, 11) is -24.4. The van der Waals surface area contributed by atoms with Crippen LogP contribution in [0.5, 0.6) is 0 Å². The van der Waals surface area contributed by atoms with Gasteiger partial charge in [0.25, 0.3) is 39.1 Å². The zero-order valence-corrected chi connectivity index (χ0v) is 17.1. The molecular formula is H10O20P5V-5. The third-order valence-corrected chi connectivity index (χ3v) is 0. The van der Waals surface area contributed by atoms with Gasteiger partial charge in [-0.3, -0.25) is 22.8 Å². The third kappa shape index (κ3) is 11400. The Morgan fingerprint density at radius 2 is 0.346 bits per heavy atom. The van der Waals surface area contributed by atoms with E-state index in [1.807, 2.05) is 0 Å². The molecule has 10 N–H and O–H groups in total. The van der Waals surface area contributed by atoms with Gasteiger partial charge in [0.05, 0.1) is 0 Å². The van der Waals surface area contributed by atoms with Crippen LogP contribution in [0.1, 0.15) is 0 Å². The van der Waals surface area contributed by atoms with Crippen molar-refractivity contribution >= 4 is 39.1 Å². The molecule has 0 atom stereocenters. The van der Waals surface area contributed by atoms with Crippen LogP contribution in [-0.2, 0) is 41.4 Å². The van der Waals surface area contributed by atoms with Gasteiger partial charge >= 0.3 is 0 Å². The Labute approximate surface area is 154 Å². The summed E-state index contributed by atoms with van der Waals surface area (Å²) in [5.41, 5.74) is 0. The van der Waals surface area contributed by atoms with Gasteiger partial charge in [0.1, 0.15) is 0 Å². The molecule has 0 saturated heterocycles. The number of hydrogen-bond acceptors (Lipinski definition) is 10. The van der Waals surface area contributed by atoms with E-state index >= 15 is 0 Å². The molecule has 0 aromatic heterocycles. The maximum atomic E-state index is 8.77. The van der Waals surface area contributed by atoms with E-state index in [-0.39, 0.29) is 18.6 Å². The first-order chi connectivity index (χ1) is 10.0. The fraction of sp³-hybridized carbons (Fsp3) is 0. The fourth-order valence-corrected chi connectivity index (χ4v) is 0. The fourth-order valence-electron chi connectivity index (χ4n) is 0. The van der Waals surface area contributed by atoms with E-state index in [0.717, 1.165) is 0 Å². The SMILES string of the molecule is O=P([O-])(O)O.O=P([O-])(O)O.O=P([O-])(O)O.O=P([O-])(O)O.O=P([O-])(O)O.[V]. The average molecular weight is 536 g/mol. The Bertz CT molecular complexity index is 371. The first-order valence-corrected chi connectivity index (χ1v) is 11.5. The molecular weight excluding hydrogens is 526 g/mol. The second-order valence-corrected chi connectivity index (χ2v) is 7.36. The molecule has 0 bridgehead atoms. The van der Waals surface area contributed by atoms with Gasteiger partial charge in [0.15, 0.2) is 0 Å². The number of rotatable bonds is 0. The monoisotopic (exact) mass is 536 g/mol. The summed E-state index contributed by atoms with van der Waals surface area (Å²) in [6.45, 7) is 0. The Kier molecular flexibility index (Phi) is 27.2. The molecule has 0 aliphatic heterocycles. The molecule has 26 heteroatoms. The van der Waals surface area contributed by atoms with Crippen LogP contribution in [0.3, 0.4) is 0 Å². The van der Waals surface area contributed by atoms with Crippen molar-refractivity contribution in [3.8, 4) is 0 Å². The summed E-state index contributed by atoms with van der Waals surface area (Å²) in [6, 6.07) is 0. The van der Waals surface area contributed by atoms with Crippen molar-refractivity contribution < 1.29 is 115 Å².